The Labute approximate surface area is 90.0 Å². The molecule has 0 saturated heterocycles. The quantitative estimate of drug-likeness (QED) is 0.767. The zero-order chi connectivity index (χ0) is 11.3. The number of nitrogens with one attached hydrogen (secondary N) is 2. The van der Waals surface area contributed by atoms with Crippen LogP contribution in [0.2, 0.25) is 0 Å². The van der Waals surface area contributed by atoms with Gasteiger partial charge in [0.15, 0.2) is 5.76 Å². The molecule has 0 aliphatic carbocycles. The maximum Gasteiger partial charge on any atom is 0.287 e. The highest BCUT2D eigenvalue weighted by atomic mass is 16.3. The van der Waals surface area contributed by atoms with Gasteiger partial charge in [-0.1, -0.05) is 6.92 Å². The molecule has 1 atom stereocenters. The third-order valence-corrected chi connectivity index (χ3v) is 2.13. The van der Waals surface area contributed by atoms with Crippen LogP contribution in [0.4, 0.5) is 0 Å². The Morgan fingerprint density at radius 2 is 2.20 bits per heavy atom. The third-order valence-electron chi connectivity index (χ3n) is 2.13. The molecule has 0 spiro atoms. The van der Waals surface area contributed by atoms with Crippen LogP contribution < -0.4 is 10.6 Å². The number of furan rings is 1. The summed E-state index contributed by atoms with van der Waals surface area (Å²) in [5.41, 5.74) is 0. The monoisotopic (exact) mass is 210 g/mol. The molecule has 0 fully saturated rings. The second kappa shape index (κ2) is 5.56. The Hall–Kier alpha value is -1.29. The van der Waals surface area contributed by atoms with E-state index in [-0.39, 0.29) is 5.91 Å². The van der Waals surface area contributed by atoms with Crippen LogP contribution in [-0.4, -0.2) is 26.0 Å². The van der Waals surface area contributed by atoms with Crippen molar-refractivity contribution in [1.82, 2.24) is 10.6 Å². The Morgan fingerprint density at radius 3 is 2.73 bits per heavy atom. The van der Waals surface area contributed by atoms with Crippen molar-refractivity contribution >= 4 is 5.91 Å². The van der Waals surface area contributed by atoms with Gasteiger partial charge in [-0.25, -0.2) is 0 Å². The van der Waals surface area contributed by atoms with Crippen molar-refractivity contribution in [2.45, 2.75) is 13.8 Å². The lowest BCUT2D eigenvalue weighted by Gasteiger charge is -2.10. The van der Waals surface area contributed by atoms with Crippen LogP contribution in [0, 0.1) is 12.8 Å². The number of hydrogen-bond acceptors (Lipinski definition) is 3. The summed E-state index contributed by atoms with van der Waals surface area (Å²) >= 11 is 0. The number of amides is 1. The van der Waals surface area contributed by atoms with Gasteiger partial charge in [-0.15, -0.1) is 0 Å². The molecular formula is C11H18N2O2. The molecule has 1 rings (SSSR count). The third kappa shape index (κ3) is 3.75. The van der Waals surface area contributed by atoms with Crippen LogP contribution in [0.15, 0.2) is 16.5 Å². The number of rotatable bonds is 5. The maximum absolute atomic E-state index is 11.5. The Morgan fingerprint density at radius 1 is 1.47 bits per heavy atom. The van der Waals surface area contributed by atoms with Crippen molar-refractivity contribution in [1.29, 1.82) is 0 Å². The molecule has 0 aliphatic heterocycles. The fourth-order valence-electron chi connectivity index (χ4n) is 1.33. The van der Waals surface area contributed by atoms with E-state index in [0.29, 0.717) is 18.2 Å². The van der Waals surface area contributed by atoms with Crippen molar-refractivity contribution in [2.24, 2.45) is 5.92 Å². The molecule has 15 heavy (non-hydrogen) atoms. The highest BCUT2D eigenvalue weighted by Crippen LogP contribution is 2.05. The first-order chi connectivity index (χ1) is 7.13. The fraction of sp³-hybridized carbons (Fsp3) is 0.545. The van der Waals surface area contributed by atoms with E-state index in [1.807, 2.05) is 14.0 Å². The van der Waals surface area contributed by atoms with E-state index in [0.717, 1.165) is 12.3 Å². The summed E-state index contributed by atoms with van der Waals surface area (Å²) in [6, 6.07) is 3.47. The highest BCUT2D eigenvalue weighted by molar-refractivity contribution is 5.91. The summed E-state index contributed by atoms with van der Waals surface area (Å²) in [5, 5.41) is 5.88. The molecule has 1 amide bonds. The largest absolute Gasteiger partial charge is 0.456 e. The average Bonchev–Trinajstić information content (AvgIpc) is 2.62. The van der Waals surface area contributed by atoms with Gasteiger partial charge >= 0.3 is 0 Å². The molecular weight excluding hydrogens is 192 g/mol. The van der Waals surface area contributed by atoms with Crippen LogP contribution in [0.3, 0.4) is 0 Å². The number of hydrogen-bond donors (Lipinski definition) is 2. The zero-order valence-corrected chi connectivity index (χ0v) is 9.46. The van der Waals surface area contributed by atoms with Gasteiger partial charge in [0.05, 0.1) is 0 Å². The smallest absolute Gasteiger partial charge is 0.287 e. The second-order valence-electron chi connectivity index (χ2n) is 3.78. The molecule has 4 heteroatoms. The van der Waals surface area contributed by atoms with Gasteiger partial charge in [0.25, 0.3) is 5.91 Å². The van der Waals surface area contributed by atoms with Gasteiger partial charge in [0.2, 0.25) is 0 Å². The Kier molecular flexibility index (Phi) is 4.37. The number of carbonyl (C=O) groups is 1. The molecule has 1 unspecified atom stereocenters. The van der Waals surface area contributed by atoms with E-state index in [4.69, 9.17) is 4.42 Å². The Balaban J connectivity index is 2.36. The molecule has 0 radical (unpaired) electrons. The normalized spacial score (nSPS) is 12.5. The van der Waals surface area contributed by atoms with Crippen molar-refractivity contribution in [3.8, 4) is 0 Å². The summed E-state index contributed by atoms with van der Waals surface area (Å²) in [6.07, 6.45) is 0. The predicted molar refractivity (Wildman–Crippen MR) is 58.9 cm³/mol. The predicted octanol–water partition coefficient (Wildman–Crippen LogP) is 1.17. The summed E-state index contributed by atoms with van der Waals surface area (Å²) in [4.78, 5) is 11.5. The van der Waals surface area contributed by atoms with E-state index in [2.05, 4.69) is 17.6 Å². The molecule has 84 valence electrons. The van der Waals surface area contributed by atoms with E-state index >= 15 is 0 Å². The molecule has 1 heterocycles. The van der Waals surface area contributed by atoms with Gasteiger partial charge in [-0.3, -0.25) is 4.79 Å². The maximum atomic E-state index is 11.5. The second-order valence-corrected chi connectivity index (χ2v) is 3.78. The fourth-order valence-corrected chi connectivity index (χ4v) is 1.33. The first-order valence-electron chi connectivity index (χ1n) is 5.12. The topological polar surface area (TPSA) is 54.3 Å². The van der Waals surface area contributed by atoms with Crippen molar-refractivity contribution in [3.63, 3.8) is 0 Å². The van der Waals surface area contributed by atoms with E-state index < -0.39 is 0 Å². The van der Waals surface area contributed by atoms with E-state index in [9.17, 15) is 4.79 Å². The summed E-state index contributed by atoms with van der Waals surface area (Å²) in [5.74, 6) is 1.40. The molecule has 0 aliphatic rings. The molecule has 1 aromatic heterocycles. The lowest BCUT2D eigenvalue weighted by atomic mass is 10.2. The first kappa shape index (κ1) is 11.8. The minimum Gasteiger partial charge on any atom is -0.456 e. The van der Waals surface area contributed by atoms with E-state index in [1.165, 1.54) is 0 Å². The number of aryl methyl sites for hydroxylation is 1. The van der Waals surface area contributed by atoms with Crippen LogP contribution in [0.25, 0.3) is 0 Å². The van der Waals surface area contributed by atoms with Gasteiger partial charge in [-0.2, -0.15) is 0 Å². The van der Waals surface area contributed by atoms with Gasteiger partial charge < -0.3 is 15.1 Å². The lowest BCUT2D eigenvalue weighted by molar-refractivity contribution is 0.0919. The van der Waals surface area contributed by atoms with E-state index in [1.54, 1.807) is 12.1 Å². The summed E-state index contributed by atoms with van der Waals surface area (Å²) in [7, 11) is 1.90. The standard InChI is InChI=1S/C11H18N2O2/c1-8(6-12-3)7-13-11(14)10-5-4-9(2)15-10/h4-5,8,12H,6-7H2,1-3H3,(H,13,14). The molecule has 0 bridgehead atoms. The summed E-state index contributed by atoms with van der Waals surface area (Å²) in [6.45, 7) is 5.43. The van der Waals surface area contributed by atoms with Crippen LogP contribution in [0.1, 0.15) is 23.2 Å². The van der Waals surface area contributed by atoms with Crippen LogP contribution in [0.5, 0.6) is 0 Å². The molecule has 0 aromatic carbocycles. The van der Waals surface area contributed by atoms with Gasteiger partial charge in [0.1, 0.15) is 5.76 Å². The minimum atomic E-state index is -0.147. The molecule has 0 saturated carbocycles. The molecule has 2 N–H and O–H groups in total. The first-order valence-corrected chi connectivity index (χ1v) is 5.12. The SMILES string of the molecule is CNCC(C)CNC(=O)c1ccc(C)o1. The highest BCUT2D eigenvalue weighted by Gasteiger charge is 2.10. The van der Waals surface area contributed by atoms with Gasteiger partial charge in [0, 0.05) is 6.54 Å². The Bertz CT molecular complexity index is 320. The lowest BCUT2D eigenvalue weighted by Crippen LogP contribution is -2.31. The zero-order valence-electron chi connectivity index (χ0n) is 9.46. The van der Waals surface area contributed by atoms with Crippen molar-refractivity contribution in [3.05, 3.63) is 23.7 Å². The van der Waals surface area contributed by atoms with Crippen LogP contribution >= 0.6 is 0 Å². The molecule has 1 aromatic rings. The van der Waals surface area contributed by atoms with Crippen molar-refractivity contribution in [2.75, 3.05) is 20.1 Å². The summed E-state index contributed by atoms with van der Waals surface area (Å²) < 4.78 is 5.21. The molecule has 4 nitrogen and oxygen atoms in total. The average molecular weight is 210 g/mol. The van der Waals surface area contributed by atoms with Crippen molar-refractivity contribution < 1.29 is 9.21 Å². The minimum absolute atomic E-state index is 0.147. The van der Waals surface area contributed by atoms with Gasteiger partial charge in [-0.05, 0) is 38.6 Å². The van der Waals surface area contributed by atoms with Crippen LogP contribution in [-0.2, 0) is 0 Å². The number of carbonyl (C=O) groups excluding carboxylic acids is 1.